The number of rotatable bonds is 7. The Morgan fingerprint density at radius 2 is 2.19 bits per heavy atom. The maximum atomic E-state index is 3.75. The maximum Gasteiger partial charge on any atom is 0.0110 e. The predicted octanol–water partition coefficient (Wildman–Crippen LogP) is 1.18. The van der Waals surface area contributed by atoms with Crippen molar-refractivity contribution in [3.05, 3.63) is 12.7 Å². The van der Waals surface area contributed by atoms with E-state index in [-0.39, 0.29) is 0 Å². The van der Waals surface area contributed by atoms with Gasteiger partial charge in [0, 0.05) is 26.2 Å². The zero-order chi connectivity index (χ0) is 11.6. The molecule has 0 radical (unpaired) electrons. The number of allylic oxidation sites excluding steroid dienone is 1. The van der Waals surface area contributed by atoms with Crippen molar-refractivity contribution in [1.29, 1.82) is 0 Å². The highest BCUT2D eigenvalue weighted by Gasteiger charge is 2.08. The van der Waals surface area contributed by atoms with Crippen LogP contribution in [0.5, 0.6) is 0 Å². The molecule has 0 aromatic rings. The van der Waals surface area contributed by atoms with Gasteiger partial charge in [-0.2, -0.15) is 0 Å². The van der Waals surface area contributed by atoms with Crippen LogP contribution in [0, 0.1) is 0 Å². The molecular weight excluding hydrogens is 198 g/mol. The molecule has 3 nitrogen and oxygen atoms in total. The molecule has 1 rings (SSSR count). The number of hydrogen-bond acceptors (Lipinski definition) is 3. The molecule has 1 N–H and O–H groups in total. The first-order valence-corrected chi connectivity index (χ1v) is 6.55. The van der Waals surface area contributed by atoms with E-state index in [1.165, 1.54) is 52.1 Å². The van der Waals surface area contributed by atoms with E-state index in [4.69, 9.17) is 0 Å². The fourth-order valence-electron chi connectivity index (χ4n) is 2.05. The zero-order valence-electron chi connectivity index (χ0n) is 10.7. The number of likely N-dealkylation sites (N-methyl/N-ethyl adjacent to an activating group) is 1. The summed E-state index contributed by atoms with van der Waals surface area (Å²) < 4.78 is 0. The predicted molar refractivity (Wildman–Crippen MR) is 70.9 cm³/mol. The van der Waals surface area contributed by atoms with Crippen LogP contribution in [0.1, 0.15) is 19.3 Å². The van der Waals surface area contributed by atoms with Gasteiger partial charge in [-0.1, -0.05) is 6.08 Å². The van der Waals surface area contributed by atoms with Gasteiger partial charge in [0.25, 0.3) is 0 Å². The third kappa shape index (κ3) is 6.26. The summed E-state index contributed by atoms with van der Waals surface area (Å²) in [5.74, 6) is 0. The summed E-state index contributed by atoms with van der Waals surface area (Å²) in [6.07, 6.45) is 5.67. The topological polar surface area (TPSA) is 18.5 Å². The second-order valence-electron chi connectivity index (χ2n) is 4.68. The van der Waals surface area contributed by atoms with Gasteiger partial charge >= 0.3 is 0 Å². The van der Waals surface area contributed by atoms with Crippen molar-refractivity contribution in [2.24, 2.45) is 0 Å². The fraction of sp³-hybridized carbons (Fsp3) is 0.846. The van der Waals surface area contributed by atoms with E-state index in [0.29, 0.717) is 0 Å². The highest BCUT2D eigenvalue weighted by atomic mass is 15.2. The van der Waals surface area contributed by atoms with Gasteiger partial charge in [-0.05, 0) is 45.9 Å². The summed E-state index contributed by atoms with van der Waals surface area (Å²) in [5, 5.41) is 3.44. The van der Waals surface area contributed by atoms with E-state index in [9.17, 15) is 0 Å². The highest BCUT2D eigenvalue weighted by Crippen LogP contribution is 1.97. The molecule has 0 amide bonds. The third-order valence-corrected chi connectivity index (χ3v) is 3.18. The summed E-state index contributed by atoms with van der Waals surface area (Å²) >= 11 is 0. The Hall–Kier alpha value is -0.380. The lowest BCUT2D eigenvalue weighted by Crippen LogP contribution is -2.35. The molecule has 0 atom stereocenters. The molecule has 3 heteroatoms. The van der Waals surface area contributed by atoms with Crippen molar-refractivity contribution in [3.63, 3.8) is 0 Å². The molecule has 0 saturated carbocycles. The van der Waals surface area contributed by atoms with Crippen molar-refractivity contribution in [1.82, 2.24) is 15.1 Å². The molecule has 1 fully saturated rings. The quantitative estimate of drug-likeness (QED) is 0.518. The van der Waals surface area contributed by atoms with Crippen molar-refractivity contribution >= 4 is 0 Å². The molecule has 1 aliphatic heterocycles. The molecule has 16 heavy (non-hydrogen) atoms. The van der Waals surface area contributed by atoms with Crippen molar-refractivity contribution in [2.45, 2.75) is 19.3 Å². The van der Waals surface area contributed by atoms with Gasteiger partial charge in [-0.15, -0.1) is 6.58 Å². The van der Waals surface area contributed by atoms with Gasteiger partial charge in [0.1, 0.15) is 0 Å². The summed E-state index contributed by atoms with van der Waals surface area (Å²) in [4.78, 5) is 5.01. The zero-order valence-corrected chi connectivity index (χ0v) is 10.7. The number of nitrogens with zero attached hydrogens (tertiary/aromatic N) is 2. The third-order valence-electron chi connectivity index (χ3n) is 3.18. The van der Waals surface area contributed by atoms with E-state index in [1.807, 2.05) is 6.08 Å². The minimum Gasteiger partial charge on any atom is -0.315 e. The lowest BCUT2D eigenvalue weighted by atomic mass is 10.3. The van der Waals surface area contributed by atoms with Crippen LogP contribution in [-0.2, 0) is 0 Å². The minimum absolute atomic E-state index is 1.14. The molecule has 0 aromatic carbocycles. The molecule has 0 aromatic heterocycles. The van der Waals surface area contributed by atoms with E-state index >= 15 is 0 Å². The van der Waals surface area contributed by atoms with Crippen LogP contribution in [0.2, 0.25) is 0 Å². The van der Waals surface area contributed by atoms with Crippen molar-refractivity contribution < 1.29 is 0 Å². The number of unbranched alkanes of at least 4 members (excludes halogenated alkanes) is 1. The van der Waals surface area contributed by atoms with Crippen LogP contribution in [0.15, 0.2) is 12.7 Å². The van der Waals surface area contributed by atoms with Gasteiger partial charge < -0.3 is 15.1 Å². The second-order valence-corrected chi connectivity index (χ2v) is 4.68. The summed E-state index contributed by atoms with van der Waals surface area (Å²) in [5.41, 5.74) is 0. The first kappa shape index (κ1) is 13.7. The Labute approximate surface area is 100 Å². The molecule has 94 valence electrons. The molecule has 0 spiro atoms. The van der Waals surface area contributed by atoms with Crippen LogP contribution in [0.4, 0.5) is 0 Å². The fourth-order valence-corrected chi connectivity index (χ4v) is 2.05. The normalized spacial score (nSPS) is 18.6. The minimum atomic E-state index is 1.14. The van der Waals surface area contributed by atoms with Gasteiger partial charge in [0.05, 0.1) is 0 Å². The smallest absolute Gasteiger partial charge is 0.0110 e. The van der Waals surface area contributed by atoms with Crippen molar-refractivity contribution in [3.8, 4) is 0 Å². The Morgan fingerprint density at radius 3 is 3.00 bits per heavy atom. The van der Waals surface area contributed by atoms with Crippen molar-refractivity contribution in [2.75, 3.05) is 52.9 Å². The van der Waals surface area contributed by atoms with E-state index in [0.717, 1.165) is 13.0 Å². The Bertz CT molecular complexity index is 174. The van der Waals surface area contributed by atoms with Crippen LogP contribution in [-0.4, -0.2) is 62.7 Å². The van der Waals surface area contributed by atoms with E-state index < -0.39 is 0 Å². The number of hydrogen-bond donors (Lipinski definition) is 1. The first-order valence-electron chi connectivity index (χ1n) is 6.55. The molecule has 1 heterocycles. The molecule has 1 saturated heterocycles. The SMILES string of the molecule is C=CCCCN(C)CCN1CCCNCC1. The summed E-state index contributed by atoms with van der Waals surface area (Å²) in [6.45, 7) is 12.2. The molecule has 0 bridgehead atoms. The molecule has 0 aliphatic carbocycles. The molecule has 0 unspecified atom stereocenters. The van der Waals surface area contributed by atoms with E-state index in [2.05, 4.69) is 28.7 Å². The van der Waals surface area contributed by atoms with Crippen LogP contribution >= 0.6 is 0 Å². The Morgan fingerprint density at radius 1 is 1.31 bits per heavy atom. The lowest BCUT2D eigenvalue weighted by Gasteiger charge is -2.23. The summed E-state index contributed by atoms with van der Waals surface area (Å²) in [7, 11) is 2.22. The van der Waals surface area contributed by atoms with Crippen LogP contribution in [0.3, 0.4) is 0 Å². The second kappa shape index (κ2) is 8.74. The molecule has 1 aliphatic rings. The largest absolute Gasteiger partial charge is 0.315 e. The Balaban J connectivity index is 2.05. The average Bonchev–Trinajstić information content (AvgIpc) is 2.55. The molecular formula is C13H27N3. The summed E-state index contributed by atoms with van der Waals surface area (Å²) in [6, 6.07) is 0. The van der Waals surface area contributed by atoms with Crippen LogP contribution in [0.25, 0.3) is 0 Å². The van der Waals surface area contributed by atoms with Crippen LogP contribution < -0.4 is 5.32 Å². The monoisotopic (exact) mass is 225 g/mol. The van der Waals surface area contributed by atoms with Gasteiger partial charge in [-0.3, -0.25) is 0 Å². The first-order chi connectivity index (χ1) is 7.83. The number of nitrogens with one attached hydrogen (secondary N) is 1. The van der Waals surface area contributed by atoms with Gasteiger partial charge in [-0.25, -0.2) is 0 Å². The Kier molecular flexibility index (Phi) is 7.47. The van der Waals surface area contributed by atoms with Gasteiger partial charge in [0.15, 0.2) is 0 Å². The average molecular weight is 225 g/mol. The van der Waals surface area contributed by atoms with Gasteiger partial charge in [0.2, 0.25) is 0 Å². The van der Waals surface area contributed by atoms with E-state index in [1.54, 1.807) is 0 Å². The lowest BCUT2D eigenvalue weighted by molar-refractivity contribution is 0.234. The maximum absolute atomic E-state index is 3.75. The highest BCUT2D eigenvalue weighted by molar-refractivity contribution is 4.69. The standard InChI is InChI=1S/C13H27N3/c1-3-4-5-9-15(2)12-13-16-10-6-7-14-8-11-16/h3,14H,1,4-13H2,2H3.